The molecule has 0 aromatic carbocycles. The molecule has 0 radical (unpaired) electrons. The van der Waals surface area contributed by atoms with E-state index in [0.29, 0.717) is 11.9 Å². The van der Waals surface area contributed by atoms with E-state index in [-0.39, 0.29) is 12.0 Å². The number of hydrogen-bond donors (Lipinski definition) is 1. The Morgan fingerprint density at radius 1 is 1.53 bits per heavy atom. The van der Waals surface area contributed by atoms with Gasteiger partial charge in [-0.1, -0.05) is 6.92 Å². The van der Waals surface area contributed by atoms with Crippen LogP contribution in [0.15, 0.2) is 0 Å². The van der Waals surface area contributed by atoms with Crippen molar-refractivity contribution in [2.75, 3.05) is 32.1 Å². The number of carbonyl (C=O) groups excluding carboxylic acids is 1. The summed E-state index contributed by atoms with van der Waals surface area (Å²) in [5.74, 6) is 0.861. The highest BCUT2D eigenvalue weighted by Gasteiger charge is 2.22. The third kappa shape index (κ3) is 5.75. The minimum absolute atomic E-state index is 0.119. The molecule has 1 fully saturated rings. The minimum atomic E-state index is -0.150. The number of esters is 1. The third-order valence-corrected chi connectivity index (χ3v) is 3.79. The van der Waals surface area contributed by atoms with Crippen molar-refractivity contribution in [1.82, 2.24) is 5.32 Å². The number of hydrogen-bond acceptors (Lipinski definition) is 5. The fraction of sp³-hybridized carbons (Fsp3) is 0.917. The first-order valence-corrected chi connectivity index (χ1v) is 7.42. The van der Waals surface area contributed by atoms with Crippen LogP contribution in [-0.4, -0.2) is 49.4 Å². The highest BCUT2D eigenvalue weighted by Crippen LogP contribution is 2.20. The molecule has 17 heavy (non-hydrogen) atoms. The predicted octanol–water partition coefficient (Wildman–Crippen LogP) is 1.44. The van der Waals surface area contributed by atoms with E-state index in [9.17, 15) is 4.79 Å². The van der Waals surface area contributed by atoms with E-state index in [1.54, 1.807) is 0 Å². The Hall–Kier alpha value is -0.260. The summed E-state index contributed by atoms with van der Waals surface area (Å²) in [6, 6.07) is -0.150. The maximum atomic E-state index is 11.7. The van der Waals surface area contributed by atoms with Gasteiger partial charge in [-0.2, -0.15) is 11.8 Å². The van der Waals surface area contributed by atoms with Gasteiger partial charge in [0.25, 0.3) is 0 Å². The van der Waals surface area contributed by atoms with E-state index in [1.807, 2.05) is 18.7 Å². The Balaban J connectivity index is 2.20. The molecule has 0 aromatic heterocycles. The first kappa shape index (κ1) is 14.8. The van der Waals surface area contributed by atoms with E-state index in [4.69, 9.17) is 9.47 Å². The van der Waals surface area contributed by atoms with E-state index in [2.05, 4.69) is 12.2 Å². The summed E-state index contributed by atoms with van der Waals surface area (Å²) in [7, 11) is 0. The topological polar surface area (TPSA) is 47.6 Å². The second kappa shape index (κ2) is 8.78. The number of carbonyl (C=O) groups is 1. The molecule has 0 saturated carbocycles. The lowest BCUT2D eigenvalue weighted by molar-refractivity contribution is -0.145. The van der Waals surface area contributed by atoms with Crippen LogP contribution in [0.3, 0.4) is 0 Å². The molecule has 0 spiro atoms. The molecule has 1 unspecified atom stereocenters. The molecule has 1 atom stereocenters. The Labute approximate surface area is 108 Å². The van der Waals surface area contributed by atoms with Crippen LogP contribution in [0, 0.1) is 0 Å². The number of rotatable bonds is 9. The normalized spacial score (nSPS) is 17.5. The summed E-state index contributed by atoms with van der Waals surface area (Å²) in [6.07, 6.45) is 1.86. The standard InChI is InChI=1S/C12H23NO3S/c1-3-6-13-11(12(14)16-4-2)5-7-17-10-8-15-9-10/h10-11,13H,3-9H2,1-2H3. The molecule has 1 saturated heterocycles. The first-order valence-electron chi connectivity index (χ1n) is 6.37. The Morgan fingerprint density at radius 2 is 2.29 bits per heavy atom. The zero-order valence-corrected chi connectivity index (χ0v) is 11.6. The second-order valence-corrected chi connectivity index (χ2v) is 5.49. The maximum absolute atomic E-state index is 11.7. The summed E-state index contributed by atoms with van der Waals surface area (Å²) < 4.78 is 10.2. The van der Waals surface area contributed by atoms with Gasteiger partial charge < -0.3 is 14.8 Å². The van der Waals surface area contributed by atoms with Crippen LogP contribution < -0.4 is 5.32 Å². The van der Waals surface area contributed by atoms with Crippen molar-refractivity contribution in [1.29, 1.82) is 0 Å². The minimum Gasteiger partial charge on any atom is -0.465 e. The van der Waals surface area contributed by atoms with Gasteiger partial charge >= 0.3 is 5.97 Å². The number of thioether (sulfide) groups is 1. The lowest BCUT2D eigenvalue weighted by Crippen LogP contribution is -2.39. The first-order chi connectivity index (χ1) is 8.27. The lowest BCUT2D eigenvalue weighted by Gasteiger charge is -2.26. The Morgan fingerprint density at radius 3 is 2.82 bits per heavy atom. The molecule has 1 aliphatic rings. The largest absolute Gasteiger partial charge is 0.465 e. The molecule has 0 amide bonds. The fourth-order valence-corrected chi connectivity index (χ4v) is 2.62. The van der Waals surface area contributed by atoms with Crippen LogP contribution in [0.2, 0.25) is 0 Å². The molecule has 1 heterocycles. The summed E-state index contributed by atoms with van der Waals surface area (Å²) in [4.78, 5) is 11.7. The fourth-order valence-electron chi connectivity index (χ4n) is 1.53. The molecule has 1 rings (SSSR count). The van der Waals surface area contributed by atoms with Crippen molar-refractivity contribution in [2.45, 2.75) is 38.0 Å². The molecule has 0 bridgehead atoms. The summed E-state index contributed by atoms with van der Waals surface area (Å²) in [5.41, 5.74) is 0. The molecule has 4 nitrogen and oxygen atoms in total. The van der Waals surface area contributed by atoms with E-state index < -0.39 is 0 Å². The van der Waals surface area contributed by atoms with Crippen molar-refractivity contribution >= 4 is 17.7 Å². The van der Waals surface area contributed by atoms with Crippen LogP contribution in [0.25, 0.3) is 0 Å². The summed E-state index contributed by atoms with van der Waals surface area (Å²) in [5, 5.41) is 3.87. The predicted molar refractivity (Wildman–Crippen MR) is 70.4 cm³/mol. The van der Waals surface area contributed by atoms with Gasteiger partial charge in [0.2, 0.25) is 0 Å². The van der Waals surface area contributed by atoms with E-state index >= 15 is 0 Å². The summed E-state index contributed by atoms with van der Waals surface area (Å²) in [6.45, 7) is 6.96. The van der Waals surface area contributed by atoms with E-state index in [0.717, 1.165) is 38.4 Å². The molecule has 5 heteroatoms. The van der Waals surface area contributed by atoms with Crippen LogP contribution in [-0.2, 0) is 14.3 Å². The highest BCUT2D eigenvalue weighted by molar-refractivity contribution is 8.00. The van der Waals surface area contributed by atoms with Gasteiger partial charge in [0, 0.05) is 0 Å². The maximum Gasteiger partial charge on any atom is 0.323 e. The lowest BCUT2D eigenvalue weighted by atomic mass is 10.2. The number of nitrogens with one attached hydrogen (secondary N) is 1. The van der Waals surface area contributed by atoms with Crippen molar-refractivity contribution in [3.8, 4) is 0 Å². The number of ether oxygens (including phenoxy) is 2. The smallest absolute Gasteiger partial charge is 0.323 e. The zero-order valence-electron chi connectivity index (χ0n) is 10.7. The summed E-state index contributed by atoms with van der Waals surface area (Å²) >= 11 is 1.89. The Bertz CT molecular complexity index is 222. The van der Waals surface area contributed by atoms with Crippen LogP contribution in [0.4, 0.5) is 0 Å². The molecule has 1 N–H and O–H groups in total. The monoisotopic (exact) mass is 261 g/mol. The van der Waals surface area contributed by atoms with Gasteiger partial charge in [0.1, 0.15) is 6.04 Å². The van der Waals surface area contributed by atoms with Gasteiger partial charge in [0.05, 0.1) is 25.1 Å². The van der Waals surface area contributed by atoms with Gasteiger partial charge in [0.15, 0.2) is 0 Å². The highest BCUT2D eigenvalue weighted by atomic mass is 32.2. The molecule has 1 aliphatic heterocycles. The molecular formula is C12H23NO3S. The average molecular weight is 261 g/mol. The van der Waals surface area contributed by atoms with Gasteiger partial charge in [-0.05, 0) is 32.1 Å². The zero-order chi connectivity index (χ0) is 12.5. The molecular weight excluding hydrogens is 238 g/mol. The van der Waals surface area contributed by atoms with Crippen LogP contribution in [0.1, 0.15) is 26.7 Å². The second-order valence-electron chi connectivity index (χ2n) is 4.08. The van der Waals surface area contributed by atoms with Crippen molar-refractivity contribution in [3.63, 3.8) is 0 Å². The van der Waals surface area contributed by atoms with Crippen molar-refractivity contribution in [2.24, 2.45) is 0 Å². The molecule has 0 aliphatic carbocycles. The van der Waals surface area contributed by atoms with Crippen molar-refractivity contribution in [3.05, 3.63) is 0 Å². The Kier molecular flexibility index (Phi) is 7.64. The molecule has 0 aromatic rings. The average Bonchev–Trinajstić information content (AvgIpc) is 2.26. The van der Waals surface area contributed by atoms with Gasteiger partial charge in [-0.15, -0.1) is 0 Å². The van der Waals surface area contributed by atoms with Gasteiger partial charge in [-0.3, -0.25) is 4.79 Å². The third-order valence-electron chi connectivity index (χ3n) is 2.58. The van der Waals surface area contributed by atoms with Crippen LogP contribution in [0.5, 0.6) is 0 Å². The SMILES string of the molecule is CCCNC(CCSC1COC1)C(=O)OCC. The van der Waals surface area contributed by atoms with Crippen molar-refractivity contribution < 1.29 is 14.3 Å². The molecule has 100 valence electrons. The van der Waals surface area contributed by atoms with E-state index in [1.165, 1.54) is 0 Å². The van der Waals surface area contributed by atoms with Gasteiger partial charge in [-0.25, -0.2) is 0 Å². The quantitative estimate of drug-likeness (QED) is 0.636. The van der Waals surface area contributed by atoms with Crippen LogP contribution >= 0.6 is 11.8 Å².